The fourth-order valence-corrected chi connectivity index (χ4v) is 3.36. The van der Waals surface area contributed by atoms with Crippen LogP contribution in [0.25, 0.3) is 17.0 Å². The number of pyridine rings is 1. The fourth-order valence-electron chi connectivity index (χ4n) is 2.53. The summed E-state index contributed by atoms with van der Waals surface area (Å²) in [5, 5.41) is 4.64. The summed E-state index contributed by atoms with van der Waals surface area (Å²) in [6, 6.07) is 18.1. The van der Waals surface area contributed by atoms with E-state index in [1.165, 1.54) is 13.1 Å². The van der Waals surface area contributed by atoms with Crippen molar-refractivity contribution in [2.45, 2.75) is 0 Å². The topological polar surface area (TPSA) is 79.4 Å². The van der Waals surface area contributed by atoms with Crippen molar-refractivity contribution >= 4 is 38.6 Å². The Morgan fingerprint density at radius 3 is 2.63 bits per heavy atom. The number of rotatable bonds is 6. The molecule has 0 aliphatic heterocycles. The van der Waals surface area contributed by atoms with Crippen LogP contribution in [0.3, 0.4) is 0 Å². The van der Waals surface area contributed by atoms with Crippen LogP contribution in [0.15, 0.2) is 72.3 Å². The first-order chi connectivity index (χ1) is 13.0. The lowest BCUT2D eigenvalue weighted by Crippen LogP contribution is -2.33. The van der Waals surface area contributed by atoms with E-state index in [9.17, 15) is 13.2 Å². The van der Waals surface area contributed by atoms with Crippen molar-refractivity contribution in [3.8, 4) is 0 Å². The summed E-state index contributed by atoms with van der Waals surface area (Å²) < 4.78 is 25.7. The Balaban J connectivity index is 1.68. The highest BCUT2D eigenvalue weighted by Crippen LogP contribution is 2.21. The molecule has 3 rings (SSSR count). The van der Waals surface area contributed by atoms with Gasteiger partial charge in [0.1, 0.15) is 0 Å². The summed E-state index contributed by atoms with van der Waals surface area (Å²) >= 11 is 0. The highest BCUT2D eigenvalue weighted by Gasteiger charge is 2.18. The highest BCUT2D eigenvalue weighted by atomic mass is 32.2. The summed E-state index contributed by atoms with van der Waals surface area (Å²) in [4.78, 5) is 16.6. The zero-order chi connectivity index (χ0) is 19.3. The molecule has 1 N–H and O–H groups in total. The van der Waals surface area contributed by atoms with Crippen LogP contribution in [0.4, 0.5) is 5.69 Å². The molecular weight excluding hydrogens is 362 g/mol. The highest BCUT2D eigenvalue weighted by molar-refractivity contribution is 7.92. The van der Waals surface area contributed by atoms with Gasteiger partial charge in [-0.25, -0.2) is 8.42 Å². The van der Waals surface area contributed by atoms with E-state index in [4.69, 9.17) is 0 Å². The average Bonchev–Trinajstić information content (AvgIpc) is 2.67. The van der Waals surface area contributed by atoms with Gasteiger partial charge in [-0.1, -0.05) is 36.4 Å². The van der Waals surface area contributed by atoms with Gasteiger partial charge in [-0.3, -0.25) is 9.78 Å². The number of sulfonamides is 1. The van der Waals surface area contributed by atoms with Crippen molar-refractivity contribution < 1.29 is 13.2 Å². The summed E-state index contributed by atoms with van der Waals surface area (Å²) in [6.45, 7) is -0.294. The maximum Gasteiger partial charge on any atom is 0.239 e. The maximum absolute atomic E-state index is 12.4. The molecule has 0 spiro atoms. The quantitative estimate of drug-likeness (QED) is 0.712. The number of likely N-dealkylation sites (N-methyl/N-ethyl adjacent to an activating group) is 1. The van der Waals surface area contributed by atoms with Crippen molar-refractivity contribution in [2.75, 3.05) is 18.9 Å². The van der Waals surface area contributed by atoms with Gasteiger partial charge in [0, 0.05) is 24.0 Å². The lowest BCUT2D eigenvalue weighted by molar-refractivity contribution is -0.116. The zero-order valence-electron chi connectivity index (χ0n) is 14.7. The molecule has 138 valence electrons. The number of amides is 1. The molecule has 0 atom stereocenters. The van der Waals surface area contributed by atoms with E-state index < -0.39 is 15.9 Å². The Hall–Kier alpha value is -3.03. The fraction of sp³-hybridized carbons (Fsp3) is 0.100. The van der Waals surface area contributed by atoms with Crippen LogP contribution in [-0.2, 0) is 14.8 Å². The first kappa shape index (κ1) is 18.8. The second kappa shape index (κ2) is 8.11. The molecule has 0 saturated carbocycles. The van der Waals surface area contributed by atoms with Crippen molar-refractivity contribution in [2.24, 2.45) is 0 Å². The zero-order valence-corrected chi connectivity index (χ0v) is 15.6. The van der Waals surface area contributed by atoms with Crippen LogP contribution in [0, 0.1) is 0 Å². The van der Waals surface area contributed by atoms with Crippen molar-refractivity contribution in [3.63, 3.8) is 0 Å². The van der Waals surface area contributed by atoms with Crippen LogP contribution in [-0.4, -0.2) is 37.2 Å². The Morgan fingerprint density at radius 2 is 1.85 bits per heavy atom. The minimum Gasteiger partial charge on any atom is -0.324 e. The van der Waals surface area contributed by atoms with E-state index in [2.05, 4.69) is 10.3 Å². The Bertz CT molecular complexity index is 1070. The van der Waals surface area contributed by atoms with Gasteiger partial charge in [-0.15, -0.1) is 0 Å². The molecule has 1 amide bonds. The third kappa shape index (κ3) is 4.78. The molecule has 3 aromatic rings. The number of carbonyl (C=O) groups excluding carboxylic acids is 1. The molecule has 1 heterocycles. The normalized spacial score (nSPS) is 11.9. The number of fused-ring (bicyclic) bond motifs is 1. The predicted octanol–water partition coefficient (Wildman–Crippen LogP) is 3.11. The number of nitrogens with zero attached hydrogens (tertiary/aromatic N) is 2. The number of hydrogen-bond acceptors (Lipinski definition) is 4. The second-order valence-corrected chi connectivity index (χ2v) is 7.86. The number of nitrogens with one attached hydrogen (secondary N) is 1. The molecule has 0 bridgehead atoms. The Labute approximate surface area is 158 Å². The minimum absolute atomic E-state index is 0.294. The molecule has 27 heavy (non-hydrogen) atoms. The number of hydrogen-bond donors (Lipinski definition) is 1. The molecule has 0 aliphatic carbocycles. The largest absolute Gasteiger partial charge is 0.324 e. The van der Waals surface area contributed by atoms with E-state index in [1.807, 2.05) is 30.3 Å². The molecule has 0 saturated heterocycles. The number of carbonyl (C=O) groups is 1. The Kier molecular flexibility index (Phi) is 5.63. The van der Waals surface area contributed by atoms with Gasteiger partial charge in [0.25, 0.3) is 0 Å². The van der Waals surface area contributed by atoms with Crippen LogP contribution in [0.1, 0.15) is 5.56 Å². The lowest BCUT2D eigenvalue weighted by Gasteiger charge is -2.15. The van der Waals surface area contributed by atoms with Crippen molar-refractivity contribution in [3.05, 3.63) is 77.8 Å². The van der Waals surface area contributed by atoms with Crippen LogP contribution in [0.5, 0.6) is 0 Å². The van der Waals surface area contributed by atoms with Gasteiger partial charge in [0.15, 0.2) is 0 Å². The molecule has 1 aromatic heterocycles. The molecule has 2 aromatic carbocycles. The van der Waals surface area contributed by atoms with Crippen molar-refractivity contribution in [1.82, 2.24) is 9.29 Å². The Morgan fingerprint density at radius 1 is 1.07 bits per heavy atom. The molecule has 6 nitrogen and oxygen atoms in total. The third-order valence-electron chi connectivity index (χ3n) is 3.95. The summed E-state index contributed by atoms with van der Waals surface area (Å²) in [5.41, 5.74) is 2.11. The smallest absolute Gasteiger partial charge is 0.239 e. The monoisotopic (exact) mass is 381 g/mol. The first-order valence-electron chi connectivity index (χ1n) is 8.29. The van der Waals surface area contributed by atoms with E-state index in [0.29, 0.717) is 5.69 Å². The molecule has 0 fully saturated rings. The molecule has 0 aliphatic rings. The standard InChI is InChI=1S/C20H19N3O3S/c1-23(27(25,26)14-12-16-7-3-2-4-8-16)15-20(24)22-19-11-5-10-18-17(19)9-6-13-21-18/h2-14H,15H2,1H3,(H,22,24)/b14-12+. The van der Waals surface area contributed by atoms with Gasteiger partial charge >= 0.3 is 0 Å². The third-order valence-corrected chi connectivity index (χ3v) is 5.43. The molecular formula is C20H19N3O3S. The minimum atomic E-state index is -3.71. The predicted molar refractivity (Wildman–Crippen MR) is 107 cm³/mol. The first-order valence-corrected chi connectivity index (χ1v) is 9.79. The van der Waals surface area contributed by atoms with E-state index >= 15 is 0 Å². The average molecular weight is 381 g/mol. The van der Waals surface area contributed by atoms with Gasteiger partial charge in [0.05, 0.1) is 17.7 Å². The van der Waals surface area contributed by atoms with Crippen LogP contribution < -0.4 is 5.32 Å². The van der Waals surface area contributed by atoms with Gasteiger partial charge in [-0.05, 0) is 35.9 Å². The second-order valence-electron chi connectivity index (χ2n) is 5.94. The van der Waals surface area contributed by atoms with E-state index in [0.717, 1.165) is 26.2 Å². The van der Waals surface area contributed by atoms with E-state index in [-0.39, 0.29) is 6.54 Å². The summed E-state index contributed by atoms with van der Waals surface area (Å²) in [5.74, 6) is -0.425. The van der Waals surface area contributed by atoms with Crippen molar-refractivity contribution in [1.29, 1.82) is 0 Å². The van der Waals surface area contributed by atoms with Crippen LogP contribution in [0.2, 0.25) is 0 Å². The maximum atomic E-state index is 12.4. The SMILES string of the molecule is CN(CC(=O)Nc1cccc2ncccc12)S(=O)(=O)/C=C/c1ccccc1. The molecule has 7 heteroatoms. The summed E-state index contributed by atoms with van der Waals surface area (Å²) in [7, 11) is -2.34. The number of benzene rings is 2. The lowest BCUT2D eigenvalue weighted by atomic mass is 10.2. The summed E-state index contributed by atoms with van der Waals surface area (Å²) in [6.07, 6.45) is 3.17. The van der Waals surface area contributed by atoms with Gasteiger partial charge < -0.3 is 5.32 Å². The molecule has 0 unspecified atom stereocenters. The van der Waals surface area contributed by atoms with Crippen LogP contribution >= 0.6 is 0 Å². The van der Waals surface area contributed by atoms with Gasteiger partial charge in [0.2, 0.25) is 15.9 Å². The molecule has 0 radical (unpaired) electrons. The van der Waals surface area contributed by atoms with Gasteiger partial charge in [-0.2, -0.15) is 4.31 Å². The number of aromatic nitrogens is 1. The van der Waals surface area contributed by atoms with E-state index in [1.54, 1.807) is 36.5 Å². The number of anilines is 1.